The average molecular weight is 306 g/mol. The van der Waals surface area contributed by atoms with Crippen molar-refractivity contribution in [2.45, 2.75) is 20.0 Å². The molecule has 0 aliphatic rings. The number of para-hydroxylation sites is 2. The number of amides is 1. The fraction of sp³-hybridized carbons (Fsp3) is 0.188. The van der Waals surface area contributed by atoms with Crippen LogP contribution >= 0.6 is 11.6 Å². The van der Waals surface area contributed by atoms with Crippen LogP contribution in [0.1, 0.15) is 12.5 Å². The number of nitrogens with one attached hydrogen (secondary N) is 1. The molecule has 2 aromatic rings. The Kier molecular flexibility index (Phi) is 4.70. The van der Waals surface area contributed by atoms with E-state index < -0.39 is 6.10 Å². The van der Waals surface area contributed by atoms with Gasteiger partial charge < -0.3 is 15.2 Å². The molecule has 0 radical (unpaired) electrons. The molecule has 4 nitrogen and oxygen atoms in total. The van der Waals surface area contributed by atoms with Crippen LogP contribution in [0.4, 0.5) is 5.69 Å². The molecule has 0 aromatic heterocycles. The van der Waals surface area contributed by atoms with Gasteiger partial charge in [0.1, 0.15) is 11.5 Å². The highest BCUT2D eigenvalue weighted by Gasteiger charge is 2.17. The summed E-state index contributed by atoms with van der Waals surface area (Å²) in [6.07, 6.45) is -0.704. The summed E-state index contributed by atoms with van der Waals surface area (Å²) in [5.74, 6) is 0.269. The van der Waals surface area contributed by atoms with E-state index in [-0.39, 0.29) is 11.7 Å². The smallest absolute Gasteiger partial charge is 0.265 e. The molecule has 1 amide bonds. The first-order valence-electron chi connectivity index (χ1n) is 6.49. The van der Waals surface area contributed by atoms with Crippen LogP contribution in [0, 0.1) is 6.92 Å². The van der Waals surface area contributed by atoms with Crippen LogP contribution in [-0.2, 0) is 4.79 Å². The summed E-state index contributed by atoms with van der Waals surface area (Å²) in [5.41, 5.74) is 1.20. The molecule has 0 aliphatic carbocycles. The Balaban J connectivity index is 2.04. The second-order valence-electron chi connectivity index (χ2n) is 4.68. The Hall–Kier alpha value is -2.20. The monoisotopic (exact) mass is 305 g/mol. The molecule has 1 atom stereocenters. The van der Waals surface area contributed by atoms with Crippen molar-refractivity contribution in [3.8, 4) is 11.5 Å². The lowest BCUT2D eigenvalue weighted by Gasteiger charge is -2.16. The molecule has 0 spiro atoms. The van der Waals surface area contributed by atoms with E-state index in [0.717, 1.165) is 5.56 Å². The molecule has 0 heterocycles. The Morgan fingerprint density at radius 2 is 2.00 bits per heavy atom. The highest BCUT2D eigenvalue weighted by molar-refractivity contribution is 6.30. The number of aromatic hydroxyl groups is 1. The van der Waals surface area contributed by atoms with Gasteiger partial charge in [-0.3, -0.25) is 4.79 Å². The number of phenols is 1. The van der Waals surface area contributed by atoms with Crippen LogP contribution in [0.5, 0.6) is 11.5 Å². The highest BCUT2D eigenvalue weighted by Crippen LogP contribution is 2.24. The first kappa shape index (κ1) is 15.2. The maximum absolute atomic E-state index is 12.1. The summed E-state index contributed by atoms with van der Waals surface area (Å²) in [4.78, 5) is 12.1. The van der Waals surface area contributed by atoms with Gasteiger partial charge in [-0.2, -0.15) is 0 Å². The molecule has 110 valence electrons. The molecule has 2 N–H and O–H groups in total. The summed E-state index contributed by atoms with van der Waals surface area (Å²) >= 11 is 5.88. The van der Waals surface area contributed by atoms with Crippen molar-refractivity contribution < 1.29 is 14.6 Å². The Bertz CT molecular complexity index is 658. The number of phenolic OH excluding ortho intramolecular Hbond substituents is 1. The van der Waals surface area contributed by atoms with Crippen molar-refractivity contribution >= 4 is 23.2 Å². The fourth-order valence-electron chi connectivity index (χ4n) is 1.80. The summed E-state index contributed by atoms with van der Waals surface area (Å²) in [7, 11) is 0. The molecular weight excluding hydrogens is 290 g/mol. The van der Waals surface area contributed by atoms with Crippen molar-refractivity contribution in [2.24, 2.45) is 0 Å². The second-order valence-corrected chi connectivity index (χ2v) is 5.11. The van der Waals surface area contributed by atoms with Crippen LogP contribution in [0.25, 0.3) is 0 Å². The summed E-state index contributed by atoms with van der Waals surface area (Å²) in [6.45, 7) is 3.50. The van der Waals surface area contributed by atoms with E-state index >= 15 is 0 Å². The van der Waals surface area contributed by atoms with Gasteiger partial charge in [0.2, 0.25) is 0 Å². The maximum atomic E-state index is 12.1. The molecule has 0 saturated heterocycles. The van der Waals surface area contributed by atoms with Gasteiger partial charge in [-0.1, -0.05) is 23.7 Å². The van der Waals surface area contributed by atoms with E-state index in [9.17, 15) is 9.90 Å². The van der Waals surface area contributed by atoms with Crippen LogP contribution in [0.3, 0.4) is 0 Å². The molecule has 0 bridgehead atoms. The fourth-order valence-corrected chi connectivity index (χ4v) is 2.03. The first-order chi connectivity index (χ1) is 9.97. The molecule has 1 unspecified atom stereocenters. The van der Waals surface area contributed by atoms with E-state index in [2.05, 4.69) is 5.32 Å². The van der Waals surface area contributed by atoms with Crippen molar-refractivity contribution in [1.82, 2.24) is 0 Å². The van der Waals surface area contributed by atoms with Gasteiger partial charge >= 0.3 is 0 Å². The minimum absolute atomic E-state index is 0.0146. The predicted octanol–water partition coefficient (Wildman–Crippen LogP) is 3.76. The van der Waals surface area contributed by atoms with Gasteiger partial charge in [-0.15, -0.1) is 0 Å². The van der Waals surface area contributed by atoms with E-state index in [0.29, 0.717) is 16.5 Å². The third kappa shape index (κ3) is 3.89. The van der Waals surface area contributed by atoms with Crippen LogP contribution in [0.15, 0.2) is 42.5 Å². The molecule has 0 fully saturated rings. The van der Waals surface area contributed by atoms with Crippen LogP contribution < -0.4 is 10.1 Å². The Labute approximate surface area is 128 Å². The van der Waals surface area contributed by atoms with Gasteiger partial charge in [-0.25, -0.2) is 0 Å². The molecule has 5 heteroatoms. The van der Waals surface area contributed by atoms with Crippen LogP contribution in [-0.4, -0.2) is 17.1 Å². The number of rotatable bonds is 4. The quantitative estimate of drug-likeness (QED) is 0.846. The van der Waals surface area contributed by atoms with Gasteiger partial charge in [0.15, 0.2) is 6.10 Å². The molecule has 2 rings (SSSR count). The number of anilines is 1. The van der Waals surface area contributed by atoms with Crippen LogP contribution in [0.2, 0.25) is 5.02 Å². The number of aryl methyl sites for hydroxylation is 1. The topological polar surface area (TPSA) is 58.6 Å². The summed E-state index contributed by atoms with van der Waals surface area (Å²) in [6, 6.07) is 11.7. The third-order valence-corrected chi connectivity index (χ3v) is 3.21. The number of hydrogen-bond donors (Lipinski definition) is 2. The maximum Gasteiger partial charge on any atom is 0.265 e. The number of benzene rings is 2. The van der Waals surface area contributed by atoms with Gasteiger partial charge in [0, 0.05) is 5.02 Å². The average Bonchev–Trinajstić information content (AvgIpc) is 2.44. The molecule has 0 aliphatic heterocycles. The summed E-state index contributed by atoms with van der Waals surface area (Å²) in [5, 5.41) is 12.9. The molecule has 2 aromatic carbocycles. The standard InChI is InChI=1S/C16H16ClNO3/c1-10-9-12(17)7-8-15(10)21-11(2)16(20)18-13-5-3-4-6-14(13)19/h3-9,11,19H,1-2H3,(H,18,20). The Morgan fingerprint density at radius 3 is 2.67 bits per heavy atom. The first-order valence-corrected chi connectivity index (χ1v) is 6.87. The van der Waals surface area contributed by atoms with E-state index in [1.54, 1.807) is 43.3 Å². The van der Waals surface area contributed by atoms with Gasteiger partial charge in [0.25, 0.3) is 5.91 Å². The SMILES string of the molecule is Cc1cc(Cl)ccc1OC(C)C(=O)Nc1ccccc1O. The normalized spacial score (nSPS) is 11.8. The number of carbonyl (C=O) groups excluding carboxylic acids is 1. The zero-order valence-corrected chi connectivity index (χ0v) is 12.5. The molecule has 21 heavy (non-hydrogen) atoms. The van der Waals surface area contributed by atoms with Crippen molar-refractivity contribution in [3.05, 3.63) is 53.1 Å². The number of ether oxygens (including phenoxy) is 1. The zero-order valence-electron chi connectivity index (χ0n) is 11.8. The van der Waals surface area contributed by atoms with Crippen molar-refractivity contribution in [1.29, 1.82) is 0 Å². The second kappa shape index (κ2) is 6.50. The molecular formula is C16H16ClNO3. The minimum atomic E-state index is -0.704. The Morgan fingerprint density at radius 1 is 1.29 bits per heavy atom. The third-order valence-electron chi connectivity index (χ3n) is 2.97. The largest absolute Gasteiger partial charge is 0.506 e. The lowest BCUT2D eigenvalue weighted by Crippen LogP contribution is -2.30. The highest BCUT2D eigenvalue weighted by atomic mass is 35.5. The minimum Gasteiger partial charge on any atom is -0.506 e. The number of carbonyl (C=O) groups is 1. The van der Waals surface area contributed by atoms with Gasteiger partial charge in [0.05, 0.1) is 5.69 Å². The van der Waals surface area contributed by atoms with E-state index in [1.165, 1.54) is 6.07 Å². The van der Waals surface area contributed by atoms with Gasteiger partial charge in [-0.05, 0) is 49.7 Å². The lowest BCUT2D eigenvalue weighted by molar-refractivity contribution is -0.122. The zero-order chi connectivity index (χ0) is 15.4. The number of hydrogen-bond acceptors (Lipinski definition) is 3. The summed E-state index contributed by atoms with van der Waals surface area (Å²) < 4.78 is 5.62. The van der Waals surface area contributed by atoms with E-state index in [4.69, 9.17) is 16.3 Å². The van der Waals surface area contributed by atoms with Crippen molar-refractivity contribution in [3.63, 3.8) is 0 Å². The van der Waals surface area contributed by atoms with Crippen molar-refractivity contribution in [2.75, 3.05) is 5.32 Å². The lowest BCUT2D eigenvalue weighted by atomic mass is 10.2. The van der Waals surface area contributed by atoms with E-state index in [1.807, 2.05) is 6.92 Å². The number of halogens is 1. The predicted molar refractivity (Wildman–Crippen MR) is 83.0 cm³/mol. The molecule has 0 saturated carbocycles.